The smallest absolute Gasteiger partial charge is 0.0718 e. The van der Waals surface area contributed by atoms with Crippen LogP contribution in [0.25, 0.3) is 0 Å². The molecule has 1 aromatic rings. The fourth-order valence-corrected chi connectivity index (χ4v) is 3.36. The van der Waals surface area contributed by atoms with Crippen LogP contribution >= 0.6 is 0 Å². The molecule has 1 N–H and O–H groups in total. The monoisotopic (exact) mass is 649 g/mol. The van der Waals surface area contributed by atoms with Gasteiger partial charge in [0.15, 0.2) is 0 Å². The summed E-state index contributed by atoms with van der Waals surface area (Å²) in [4.78, 5) is 0. The Morgan fingerprint density at radius 1 is 0.333 bits per heavy atom. The van der Waals surface area contributed by atoms with Gasteiger partial charge < -0.3 is 62.2 Å². The zero-order chi connectivity index (χ0) is 32.0. The summed E-state index contributed by atoms with van der Waals surface area (Å²) in [5.74, 6) is 0. The molecule has 0 spiro atoms. The van der Waals surface area contributed by atoms with Gasteiger partial charge in [0.2, 0.25) is 0 Å². The van der Waals surface area contributed by atoms with Gasteiger partial charge in [-0.15, -0.1) is 0 Å². The molecule has 0 saturated carbocycles. The molecule has 0 unspecified atom stereocenters. The Bertz CT molecular complexity index is 677. The molecule has 0 radical (unpaired) electrons. The predicted octanol–water partition coefficient (Wildman–Crippen LogP) is 1.61. The van der Waals surface area contributed by atoms with Crippen LogP contribution < -0.4 is 5.32 Å². The first-order chi connectivity index (χ1) is 22.4. The minimum atomic E-state index is 0.514. The first-order valence-electron chi connectivity index (χ1n) is 16.0. The molecule has 0 atom stereocenters. The summed E-state index contributed by atoms with van der Waals surface area (Å²) in [7, 11) is 1.90. The number of hydrogen-bond acceptors (Lipinski definition) is 13. The van der Waals surface area contributed by atoms with E-state index in [1.54, 1.807) is 0 Å². The number of likely N-dealkylation sites (N-methyl/N-ethyl adjacent to an activating group) is 1. The highest BCUT2D eigenvalue weighted by atomic mass is 16.6. The summed E-state index contributed by atoms with van der Waals surface area (Å²) >= 11 is 0. The SMILES string of the molecule is CNCCOCCOCCOCCOCCOCCOCCOCCOCCOCCOCCOCCOCc1ccccc1. The molecule has 0 aliphatic carbocycles. The van der Waals surface area contributed by atoms with E-state index >= 15 is 0 Å². The minimum Gasteiger partial charge on any atom is -0.378 e. The van der Waals surface area contributed by atoms with Crippen LogP contribution in [0.1, 0.15) is 5.56 Å². The fraction of sp³-hybridized carbons (Fsp3) is 0.812. The summed E-state index contributed by atoms with van der Waals surface area (Å²) in [6.07, 6.45) is 0. The second-order valence-electron chi connectivity index (χ2n) is 9.38. The highest BCUT2D eigenvalue weighted by Crippen LogP contribution is 2.00. The third-order valence-electron chi connectivity index (χ3n) is 5.70. The molecule has 0 heterocycles. The van der Waals surface area contributed by atoms with Crippen molar-refractivity contribution < 1.29 is 56.8 Å². The van der Waals surface area contributed by atoms with Gasteiger partial charge in [0.1, 0.15) is 0 Å². The van der Waals surface area contributed by atoms with Crippen LogP contribution in [0.5, 0.6) is 0 Å². The van der Waals surface area contributed by atoms with Crippen LogP contribution in [0.3, 0.4) is 0 Å². The van der Waals surface area contributed by atoms with Gasteiger partial charge >= 0.3 is 0 Å². The van der Waals surface area contributed by atoms with Crippen LogP contribution in [0.15, 0.2) is 30.3 Å². The molecule has 0 aliphatic rings. The second-order valence-corrected chi connectivity index (χ2v) is 9.38. The van der Waals surface area contributed by atoms with Crippen LogP contribution in [-0.2, 0) is 63.4 Å². The maximum atomic E-state index is 5.57. The van der Waals surface area contributed by atoms with Crippen LogP contribution in [0, 0.1) is 0 Å². The molecule has 0 saturated heterocycles. The van der Waals surface area contributed by atoms with Crippen molar-refractivity contribution in [3.05, 3.63) is 35.9 Å². The molecule has 45 heavy (non-hydrogen) atoms. The van der Waals surface area contributed by atoms with Gasteiger partial charge in [-0.05, 0) is 12.6 Å². The third-order valence-corrected chi connectivity index (χ3v) is 5.70. The van der Waals surface area contributed by atoms with Crippen molar-refractivity contribution >= 4 is 0 Å². The Balaban J connectivity index is 1.61. The average Bonchev–Trinajstić information content (AvgIpc) is 3.06. The number of hydrogen-bond donors (Lipinski definition) is 1. The Hall–Kier alpha value is -1.30. The van der Waals surface area contributed by atoms with E-state index in [-0.39, 0.29) is 0 Å². The third kappa shape index (κ3) is 33.9. The maximum Gasteiger partial charge on any atom is 0.0718 e. The first kappa shape index (κ1) is 41.7. The standard InChI is InChI=1S/C32H59NO12/c1-33-7-8-34-9-10-35-11-12-36-13-14-37-15-16-38-17-18-39-19-20-40-21-22-41-23-24-42-25-26-43-27-28-44-29-30-45-31-32-5-3-2-4-6-32/h2-6,33H,7-31H2,1H3. The van der Waals surface area contributed by atoms with Crippen LogP contribution in [-0.4, -0.2) is 166 Å². The summed E-state index contributed by atoms with van der Waals surface area (Å²) in [5, 5.41) is 3.02. The number of ether oxygens (including phenoxy) is 12. The van der Waals surface area contributed by atoms with E-state index in [0.29, 0.717) is 159 Å². The second kappa shape index (κ2) is 37.2. The molecule has 0 aromatic heterocycles. The van der Waals surface area contributed by atoms with E-state index in [1.807, 2.05) is 37.4 Å². The van der Waals surface area contributed by atoms with Gasteiger partial charge in [-0.3, -0.25) is 0 Å². The highest BCUT2D eigenvalue weighted by Gasteiger charge is 1.97. The Morgan fingerprint density at radius 2 is 0.578 bits per heavy atom. The number of benzene rings is 1. The Kier molecular flexibility index (Phi) is 34.5. The van der Waals surface area contributed by atoms with Crippen LogP contribution in [0.2, 0.25) is 0 Å². The lowest BCUT2D eigenvalue weighted by Gasteiger charge is -2.09. The van der Waals surface area contributed by atoms with Crippen molar-refractivity contribution in [1.82, 2.24) is 5.32 Å². The van der Waals surface area contributed by atoms with Crippen molar-refractivity contribution in [3.8, 4) is 0 Å². The molecule has 1 aromatic carbocycles. The topological polar surface area (TPSA) is 123 Å². The van der Waals surface area contributed by atoms with E-state index in [2.05, 4.69) is 5.32 Å². The van der Waals surface area contributed by atoms with E-state index < -0.39 is 0 Å². The summed E-state index contributed by atoms with van der Waals surface area (Å²) in [5.41, 5.74) is 1.16. The Morgan fingerprint density at radius 3 is 0.844 bits per heavy atom. The largest absolute Gasteiger partial charge is 0.378 e. The molecular formula is C32H59NO12. The first-order valence-corrected chi connectivity index (χ1v) is 16.0. The lowest BCUT2D eigenvalue weighted by Crippen LogP contribution is -2.17. The van der Waals surface area contributed by atoms with Crippen LogP contribution in [0.4, 0.5) is 0 Å². The molecule has 0 bridgehead atoms. The molecule has 13 nitrogen and oxygen atoms in total. The molecule has 1 rings (SSSR count). The van der Waals surface area contributed by atoms with E-state index in [1.165, 1.54) is 0 Å². The minimum absolute atomic E-state index is 0.514. The lowest BCUT2D eigenvalue weighted by molar-refractivity contribution is -0.0285. The van der Waals surface area contributed by atoms with Crippen molar-refractivity contribution in [2.45, 2.75) is 6.61 Å². The maximum absolute atomic E-state index is 5.57. The van der Waals surface area contributed by atoms with Gasteiger partial charge in [-0.25, -0.2) is 0 Å². The Labute approximate surface area is 270 Å². The summed E-state index contributed by atoms with van der Waals surface area (Å²) in [6, 6.07) is 10.1. The van der Waals surface area contributed by atoms with Gasteiger partial charge in [0.05, 0.1) is 159 Å². The fourth-order valence-electron chi connectivity index (χ4n) is 3.36. The van der Waals surface area contributed by atoms with Gasteiger partial charge in [-0.2, -0.15) is 0 Å². The van der Waals surface area contributed by atoms with Crippen molar-refractivity contribution in [3.63, 3.8) is 0 Å². The number of rotatable bonds is 38. The zero-order valence-electron chi connectivity index (χ0n) is 27.5. The molecular weight excluding hydrogens is 590 g/mol. The molecule has 0 aliphatic heterocycles. The van der Waals surface area contributed by atoms with Gasteiger partial charge in [0, 0.05) is 6.54 Å². The van der Waals surface area contributed by atoms with Gasteiger partial charge in [0.25, 0.3) is 0 Å². The lowest BCUT2D eigenvalue weighted by atomic mass is 10.2. The normalized spacial score (nSPS) is 11.5. The quantitative estimate of drug-likeness (QED) is 0.105. The molecule has 13 heteroatoms. The van der Waals surface area contributed by atoms with E-state index in [4.69, 9.17) is 56.8 Å². The molecule has 0 fully saturated rings. The zero-order valence-corrected chi connectivity index (χ0v) is 27.5. The molecule has 264 valence electrons. The highest BCUT2D eigenvalue weighted by molar-refractivity contribution is 5.13. The van der Waals surface area contributed by atoms with Crippen molar-refractivity contribution in [2.75, 3.05) is 166 Å². The van der Waals surface area contributed by atoms with Gasteiger partial charge in [-0.1, -0.05) is 30.3 Å². The summed E-state index contributed by atoms with van der Waals surface area (Å²) in [6.45, 7) is 13.9. The molecule has 0 amide bonds. The average molecular weight is 650 g/mol. The predicted molar refractivity (Wildman–Crippen MR) is 169 cm³/mol. The van der Waals surface area contributed by atoms with Crippen molar-refractivity contribution in [1.29, 1.82) is 0 Å². The van der Waals surface area contributed by atoms with Crippen molar-refractivity contribution in [2.24, 2.45) is 0 Å². The van der Waals surface area contributed by atoms with E-state index in [0.717, 1.165) is 12.1 Å². The summed E-state index contributed by atoms with van der Waals surface area (Å²) < 4.78 is 65.6. The number of nitrogens with one attached hydrogen (secondary N) is 1. The van der Waals surface area contributed by atoms with E-state index in [9.17, 15) is 0 Å².